The van der Waals surface area contributed by atoms with Crippen LogP contribution in [-0.2, 0) is 22.4 Å². The molecule has 3 nitrogen and oxygen atoms in total. The first-order valence-electron chi connectivity index (χ1n) is 5.89. The number of benzene rings is 1. The Balaban J connectivity index is 2.25. The molecule has 1 aromatic carbocycles. The van der Waals surface area contributed by atoms with E-state index in [-0.39, 0.29) is 4.90 Å². The minimum absolute atomic E-state index is 0.266. The van der Waals surface area contributed by atoms with E-state index >= 15 is 0 Å². The van der Waals surface area contributed by atoms with Gasteiger partial charge in [0.2, 0.25) is 10.0 Å². The predicted molar refractivity (Wildman–Crippen MR) is 94.4 cm³/mol. The zero-order chi connectivity index (χ0) is 15.6. The minimum atomic E-state index is -3.54. The average Bonchev–Trinajstić information content (AvgIpc) is 2.83. The molecule has 0 N–H and O–H groups in total. The molecule has 0 atom stereocenters. The van der Waals surface area contributed by atoms with Crippen LogP contribution < -0.4 is 0 Å². The van der Waals surface area contributed by atoms with Gasteiger partial charge in [-0.25, -0.2) is 8.42 Å². The maximum absolute atomic E-state index is 12.6. The first-order valence-corrected chi connectivity index (χ1v) is 10.3. The van der Waals surface area contributed by atoms with Crippen LogP contribution in [0.1, 0.15) is 10.4 Å². The third-order valence-corrected chi connectivity index (χ3v) is 7.88. The topological polar surface area (TPSA) is 37.4 Å². The van der Waals surface area contributed by atoms with Gasteiger partial charge in [0.25, 0.3) is 0 Å². The second-order valence-corrected chi connectivity index (χ2v) is 10.0. The van der Waals surface area contributed by atoms with E-state index in [0.29, 0.717) is 16.2 Å². The Morgan fingerprint density at radius 1 is 1.24 bits per heavy atom. The molecule has 0 fully saturated rings. The SMILES string of the molecule is CN(Cc1ccc(Br)cc1)S(=O)(=O)c1cc(CCl)sc1Br. The molecule has 1 heterocycles. The lowest BCUT2D eigenvalue weighted by atomic mass is 10.2. The fourth-order valence-electron chi connectivity index (χ4n) is 1.74. The highest BCUT2D eigenvalue weighted by Gasteiger charge is 2.25. The Hall–Kier alpha value is 0.0800. The van der Waals surface area contributed by atoms with Crippen molar-refractivity contribution in [1.82, 2.24) is 4.31 Å². The van der Waals surface area contributed by atoms with Crippen LogP contribution in [0, 0.1) is 0 Å². The molecular weight excluding hydrogens is 462 g/mol. The monoisotopic (exact) mass is 471 g/mol. The standard InChI is InChI=1S/C13H12Br2ClNO2S2/c1-17(8-9-2-4-10(14)5-3-9)21(18,19)12-6-11(7-16)20-13(12)15/h2-6H,7-8H2,1H3. The Kier molecular flexibility index (Phi) is 5.90. The molecule has 8 heteroatoms. The average molecular weight is 474 g/mol. The highest BCUT2D eigenvalue weighted by Crippen LogP contribution is 2.34. The van der Waals surface area contributed by atoms with Crippen LogP contribution in [0.5, 0.6) is 0 Å². The molecule has 0 amide bonds. The highest BCUT2D eigenvalue weighted by atomic mass is 79.9. The molecule has 2 rings (SSSR count). The lowest BCUT2D eigenvalue weighted by Crippen LogP contribution is -2.26. The summed E-state index contributed by atoms with van der Waals surface area (Å²) in [5.74, 6) is 0.301. The van der Waals surface area contributed by atoms with Gasteiger partial charge < -0.3 is 0 Å². The van der Waals surface area contributed by atoms with Crippen molar-refractivity contribution in [1.29, 1.82) is 0 Å². The Morgan fingerprint density at radius 2 is 1.86 bits per heavy atom. The molecular formula is C13H12Br2ClNO2S2. The maximum Gasteiger partial charge on any atom is 0.245 e. The van der Waals surface area contributed by atoms with Gasteiger partial charge in [0.1, 0.15) is 4.90 Å². The maximum atomic E-state index is 12.6. The third kappa shape index (κ3) is 4.09. The molecule has 0 bridgehead atoms. The van der Waals surface area contributed by atoms with Crippen molar-refractivity contribution < 1.29 is 8.42 Å². The Bertz CT molecular complexity index is 729. The quantitative estimate of drug-likeness (QED) is 0.583. The molecule has 1 aromatic heterocycles. The van der Waals surface area contributed by atoms with Gasteiger partial charge in [-0.2, -0.15) is 4.31 Å². The van der Waals surface area contributed by atoms with Crippen molar-refractivity contribution >= 4 is 64.8 Å². The van der Waals surface area contributed by atoms with E-state index < -0.39 is 10.0 Å². The van der Waals surface area contributed by atoms with Gasteiger partial charge in [-0.05, 0) is 39.7 Å². The van der Waals surface area contributed by atoms with Crippen LogP contribution in [0.3, 0.4) is 0 Å². The van der Waals surface area contributed by atoms with E-state index in [1.54, 1.807) is 13.1 Å². The molecule has 0 radical (unpaired) electrons. The number of hydrogen-bond donors (Lipinski definition) is 0. The summed E-state index contributed by atoms with van der Waals surface area (Å²) < 4.78 is 28.1. The third-order valence-electron chi connectivity index (χ3n) is 2.84. The van der Waals surface area contributed by atoms with Crippen LogP contribution in [0.2, 0.25) is 0 Å². The first-order chi connectivity index (χ1) is 9.84. The minimum Gasteiger partial charge on any atom is -0.207 e. The zero-order valence-electron chi connectivity index (χ0n) is 11.0. The van der Waals surface area contributed by atoms with Crippen molar-refractivity contribution in [3.05, 3.63) is 49.0 Å². The van der Waals surface area contributed by atoms with Gasteiger partial charge in [-0.15, -0.1) is 22.9 Å². The van der Waals surface area contributed by atoms with Crippen molar-refractivity contribution in [2.75, 3.05) is 7.05 Å². The summed E-state index contributed by atoms with van der Waals surface area (Å²) in [6.07, 6.45) is 0. The largest absolute Gasteiger partial charge is 0.245 e. The van der Waals surface area contributed by atoms with Crippen molar-refractivity contribution in [2.45, 2.75) is 17.3 Å². The summed E-state index contributed by atoms with van der Waals surface area (Å²) in [5.41, 5.74) is 0.924. The lowest BCUT2D eigenvalue weighted by molar-refractivity contribution is 0.466. The molecule has 21 heavy (non-hydrogen) atoms. The molecule has 0 aliphatic heterocycles. The second kappa shape index (κ2) is 7.10. The molecule has 114 valence electrons. The highest BCUT2D eigenvalue weighted by molar-refractivity contribution is 9.11. The molecule has 0 saturated carbocycles. The number of alkyl halides is 1. The normalized spacial score (nSPS) is 12.0. The molecule has 0 spiro atoms. The van der Waals surface area contributed by atoms with Crippen LogP contribution in [0.15, 0.2) is 43.5 Å². The smallest absolute Gasteiger partial charge is 0.207 e. The fraction of sp³-hybridized carbons (Fsp3) is 0.231. The summed E-state index contributed by atoms with van der Waals surface area (Å²) in [6.45, 7) is 0.314. The van der Waals surface area contributed by atoms with E-state index in [1.165, 1.54) is 15.6 Å². The molecule has 0 aliphatic carbocycles. The van der Waals surface area contributed by atoms with Gasteiger partial charge in [-0.1, -0.05) is 28.1 Å². The number of hydrogen-bond acceptors (Lipinski definition) is 3. The van der Waals surface area contributed by atoms with Crippen LogP contribution in [0.4, 0.5) is 0 Å². The summed E-state index contributed by atoms with van der Waals surface area (Å²) in [5, 5.41) is 0. The number of rotatable bonds is 5. The summed E-state index contributed by atoms with van der Waals surface area (Å²) in [7, 11) is -1.97. The molecule has 0 saturated heterocycles. The van der Waals surface area contributed by atoms with Crippen molar-refractivity contribution in [2.24, 2.45) is 0 Å². The van der Waals surface area contributed by atoms with E-state index in [2.05, 4.69) is 31.9 Å². The molecule has 2 aromatic rings. The van der Waals surface area contributed by atoms with Gasteiger partial charge in [0.15, 0.2) is 0 Å². The zero-order valence-corrected chi connectivity index (χ0v) is 16.6. The Labute approximate surface area is 150 Å². The summed E-state index contributed by atoms with van der Waals surface area (Å²) in [6, 6.07) is 9.19. The van der Waals surface area contributed by atoms with Gasteiger partial charge in [0.05, 0.1) is 9.67 Å². The van der Waals surface area contributed by atoms with E-state index in [4.69, 9.17) is 11.6 Å². The van der Waals surface area contributed by atoms with Crippen LogP contribution >= 0.6 is 54.8 Å². The van der Waals surface area contributed by atoms with Gasteiger partial charge in [-0.3, -0.25) is 0 Å². The van der Waals surface area contributed by atoms with Crippen molar-refractivity contribution in [3.63, 3.8) is 0 Å². The number of thiophene rings is 1. The van der Waals surface area contributed by atoms with Gasteiger partial charge >= 0.3 is 0 Å². The second-order valence-electron chi connectivity index (χ2n) is 4.37. The van der Waals surface area contributed by atoms with Crippen molar-refractivity contribution in [3.8, 4) is 0 Å². The fourth-order valence-corrected chi connectivity index (χ4v) is 5.88. The number of nitrogens with zero attached hydrogens (tertiary/aromatic N) is 1. The number of sulfonamides is 1. The van der Waals surface area contributed by atoms with Crippen LogP contribution in [-0.4, -0.2) is 19.8 Å². The van der Waals surface area contributed by atoms with E-state index in [0.717, 1.165) is 14.9 Å². The summed E-state index contributed by atoms with van der Waals surface area (Å²) >= 11 is 13.8. The van der Waals surface area contributed by atoms with Crippen LogP contribution in [0.25, 0.3) is 0 Å². The lowest BCUT2D eigenvalue weighted by Gasteiger charge is -2.17. The molecule has 0 aliphatic rings. The van der Waals surface area contributed by atoms with E-state index in [1.807, 2.05) is 24.3 Å². The molecule has 0 unspecified atom stereocenters. The summed E-state index contributed by atoms with van der Waals surface area (Å²) in [4.78, 5) is 1.09. The first kappa shape index (κ1) is 17.4. The predicted octanol–water partition coefficient (Wildman–Crippen LogP) is 4.83. The number of halogens is 3. The Morgan fingerprint density at radius 3 is 2.38 bits per heavy atom. The van der Waals surface area contributed by atoms with Gasteiger partial charge in [0, 0.05) is 22.9 Å². The van der Waals surface area contributed by atoms with E-state index in [9.17, 15) is 8.42 Å².